The molecule has 0 aliphatic heterocycles. The van der Waals surface area contributed by atoms with Crippen LogP contribution in [-0.2, 0) is 4.79 Å². The van der Waals surface area contributed by atoms with Gasteiger partial charge in [-0.1, -0.05) is 66.2 Å². The standard InChI is InChI=1S/C18H38N2O/c1-5-8-10-12-14-20(15-13-11-9-6-2)18(21)17(4)16-19-7-3/h17,19H,5-16H2,1-4H3. The lowest BCUT2D eigenvalue weighted by molar-refractivity contribution is -0.135. The minimum atomic E-state index is 0.0994. The molecule has 0 fully saturated rings. The second kappa shape index (κ2) is 14.4. The molecule has 0 radical (unpaired) electrons. The zero-order valence-electron chi connectivity index (χ0n) is 14.9. The fourth-order valence-corrected chi connectivity index (χ4v) is 2.55. The Bertz CT molecular complexity index is 231. The summed E-state index contributed by atoms with van der Waals surface area (Å²) in [6, 6.07) is 0. The van der Waals surface area contributed by atoms with Gasteiger partial charge in [-0.3, -0.25) is 4.79 Å². The molecule has 1 atom stereocenters. The van der Waals surface area contributed by atoms with Crippen LogP contribution in [0, 0.1) is 5.92 Å². The number of carbonyl (C=O) groups excluding carboxylic acids is 1. The van der Waals surface area contributed by atoms with Crippen molar-refractivity contribution in [2.75, 3.05) is 26.2 Å². The molecule has 0 heterocycles. The molecule has 21 heavy (non-hydrogen) atoms. The first kappa shape index (κ1) is 20.4. The molecule has 0 saturated heterocycles. The summed E-state index contributed by atoms with van der Waals surface area (Å²) in [6.45, 7) is 12.2. The number of nitrogens with zero attached hydrogens (tertiary/aromatic N) is 1. The topological polar surface area (TPSA) is 32.3 Å². The monoisotopic (exact) mass is 298 g/mol. The van der Waals surface area contributed by atoms with Crippen LogP contribution in [0.2, 0.25) is 0 Å². The number of hydrogen-bond acceptors (Lipinski definition) is 2. The van der Waals surface area contributed by atoms with Crippen LogP contribution in [-0.4, -0.2) is 37.0 Å². The molecule has 0 aromatic heterocycles. The fraction of sp³-hybridized carbons (Fsp3) is 0.944. The van der Waals surface area contributed by atoms with Crippen LogP contribution in [0.4, 0.5) is 0 Å². The van der Waals surface area contributed by atoms with Gasteiger partial charge >= 0.3 is 0 Å². The van der Waals surface area contributed by atoms with Crippen molar-refractivity contribution in [3.63, 3.8) is 0 Å². The van der Waals surface area contributed by atoms with Gasteiger partial charge in [0.2, 0.25) is 5.91 Å². The second-order valence-corrected chi connectivity index (χ2v) is 6.16. The number of rotatable bonds is 14. The van der Waals surface area contributed by atoms with Gasteiger partial charge in [-0.15, -0.1) is 0 Å². The Morgan fingerprint density at radius 1 is 0.905 bits per heavy atom. The van der Waals surface area contributed by atoms with Gasteiger partial charge < -0.3 is 10.2 Å². The molecule has 0 spiro atoms. The van der Waals surface area contributed by atoms with E-state index in [9.17, 15) is 4.79 Å². The van der Waals surface area contributed by atoms with E-state index in [4.69, 9.17) is 0 Å². The predicted molar refractivity (Wildman–Crippen MR) is 92.6 cm³/mol. The van der Waals surface area contributed by atoms with Crippen LogP contribution in [0.3, 0.4) is 0 Å². The molecule has 0 saturated carbocycles. The Balaban J connectivity index is 4.22. The first-order chi connectivity index (χ1) is 10.2. The zero-order chi connectivity index (χ0) is 15.9. The molecular weight excluding hydrogens is 260 g/mol. The predicted octanol–water partition coefficient (Wildman–Crippen LogP) is 4.22. The van der Waals surface area contributed by atoms with Gasteiger partial charge in [-0.05, 0) is 19.4 Å². The number of nitrogens with one attached hydrogen (secondary N) is 1. The van der Waals surface area contributed by atoms with E-state index in [2.05, 4.69) is 37.9 Å². The lowest BCUT2D eigenvalue weighted by Gasteiger charge is -2.26. The normalized spacial score (nSPS) is 12.4. The van der Waals surface area contributed by atoms with Gasteiger partial charge in [-0.25, -0.2) is 0 Å². The van der Waals surface area contributed by atoms with Crippen molar-refractivity contribution in [3.8, 4) is 0 Å². The molecule has 126 valence electrons. The summed E-state index contributed by atoms with van der Waals surface area (Å²) in [4.78, 5) is 14.7. The average Bonchev–Trinajstić information content (AvgIpc) is 2.50. The third kappa shape index (κ3) is 10.8. The molecular formula is C18H38N2O. The van der Waals surface area contributed by atoms with E-state index >= 15 is 0 Å². The van der Waals surface area contributed by atoms with Gasteiger partial charge in [-0.2, -0.15) is 0 Å². The maximum Gasteiger partial charge on any atom is 0.226 e. The fourth-order valence-electron chi connectivity index (χ4n) is 2.55. The van der Waals surface area contributed by atoms with Crippen LogP contribution in [0.25, 0.3) is 0 Å². The number of amides is 1. The van der Waals surface area contributed by atoms with Gasteiger partial charge in [0.1, 0.15) is 0 Å². The summed E-state index contributed by atoms with van der Waals surface area (Å²) in [6.07, 6.45) is 9.87. The highest BCUT2D eigenvalue weighted by atomic mass is 16.2. The summed E-state index contributed by atoms with van der Waals surface area (Å²) in [7, 11) is 0. The van der Waals surface area contributed by atoms with Crippen LogP contribution >= 0.6 is 0 Å². The number of carbonyl (C=O) groups is 1. The van der Waals surface area contributed by atoms with Crippen molar-refractivity contribution in [1.82, 2.24) is 10.2 Å². The quantitative estimate of drug-likeness (QED) is 0.487. The third-order valence-corrected chi connectivity index (χ3v) is 4.00. The first-order valence-corrected chi connectivity index (χ1v) is 9.16. The van der Waals surface area contributed by atoms with Crippen molar-refractivity contribution in [1.29, 1.82) is 0 Å². The van der Waals surface area contributed by atoms with Gasteiger partial charge in [0, 0.05) is 25.6 Å². The van der Waals surface area contributed by atoms with E-state index in [-0.39, 0.29) is 5.92 Å². The molecule has 0 aliphatic carbocycles. The van der Waals surface area contributed by atoms with E-state index in [1.807, 2.05) is 0 Å². The van der Waals surface area contributed by atoms with E-state index in [0.717, 1.165) is 39.0 Å². The summed E-state index contributed by atoms with van der Waals surface area (Å²) >= 11 is 0. The lowest BCUT2D eigenvalue weighted by Crippen LogP contribution is -2.40. The zero-order valence-corrected chi connectivity index (χ0v) is 14.9. The lowest BCUT2D eigenvalue weighted by atomic mass is 10.1. The van der Waals surface area contributed by atoms with Gasteiger partial charge in [0.15, 0.2) is 0 Å². The first-order valence-electron chi connectivity index (χ1n) is 9.16. The second-order valence-electron chi connectivity index (χ2n) is 6.16. The molecule has 1 unspecified atom stereocenters. The average molecular weight is 299 g/mol. The van der Waals surface area contributed by atoms with Crippen LogP contribution in [0.1, 0.15) is 79.1 Å². The molecule has 0 rings (SSSR count). The molecule has 1 N–H and O–H groups in total. The van der Waals surface area contributed by atoms with Crippen molar-refractivity contribution in [2.45, 2.75) is 79.1 Å². The minimum Gasteiger partial charge on any atom is -0.342 e. The Morgan fingerprint density at radius 2 is 1.43 bits per heavy atom. The third-order valence-electron chi connectivity index (χ3n) is 4.00. The van der Waals surface area contributed by atoms with Crippen molar-refractivity contribution >= 4 is 5.91 Å². The summed E-state index contributed by atoms with van der Waals surface area (Å²) in [5.41, 5.74) is 0. The highest BCUT2D eigenvalue weighted by Gasteiger charge is 2.19. The Hall–Kier alpha value is -0.570. The van der Waals surface area contributed by atoms with Crippen molar-refractivity contribution in [3.05, 3.63) is 0 Å². The SMILES string of the molecule is CCCCCCN(CCCCCC)C(=O)C(C)CNCC. The number of unbranched alkanes of at least 4 members (excludes halogenated alkanes) is 6. The summed E-state index contributed by atoms with van der Waals surface area (Å²) in [5.74, 6) is 0.436. The maximum atomic E-state index is 12.6. The number of hydrogen-bond donors (Lipinski definition) is 1. The molecule has 3 heteroatoms. The molecule has 0 aromatic rings. The molecule has 3 nitrogen and oxygen atoms in total. The maximum absolute atomic E-state index is 12.6. The van der Waals surface area contributed by atoms with E-state index in [0.29, 0.717) is 5.91 Å². The smallest absolute Gasteiger partial charge is 0.226 e. The van der Waals surface area contributed by atoms with Crippen LogP contribution < -0.4 is 5.32 Å². The summed E-state index contributed by atoms with van der Waals surface area (Å²) < 4.78 is 0. The Kier molecular flexibility index (Phi) is 14.0. The Labute approximate surface area is 132 Å². The summed E-state index contributed by atoms with van der Waals surface area (Å²) in [5, 5.41) is 3.29. The van der Waals surface area contributed by atoms with Gasteiger partial charge in [0.05, 0.1) is 0 Å². The minimum absolute atomic E-state index is 0.0994. The Morgan fingerprint density at radius 3 is 1.86 bits per heavy atom. The van der Waals surface area contributed by atoms with E-state index in [1.165, 1.54) is 38.5 Å². The van der Waals surface area contributed by atoms with Crippen LogP contribution in [0.5, 0.6) is 0 Å². The molecule has 1 amide bonds. The van der Waals surface area contributed by atoms with Crippen molar-refractivity contribution in [2.24, 2.45) is 5.92 Å². The molecule has 0 aliphatic rings. The molecule has 0 bridgehead atoms. The van der Waals surface area contributed by atoms with Crippen LogP contribution in [0.15, 0.2) is 0 Å². The van der Waals surface area contributed by atoms with Gasteiger partial charge in [0.25, 0.3) is 0 Å². The molecule has 0 aromatic carbocycles. The highest BCUT2D eigenvalue weighted by molar-refractivity contribution is 5.78. The van der Waals surface area contributed by atoms with Crippen molar-refractivity contribution < 1.29 is 4.79 Å². The van der Waals surface area contributed by atoms with E-state index < -0.39 is 0 Å². The highest BCUT2D eigenvalue weighted by Crippen LogP contribution is 2.09. The van der Waals surface area contributed by atoms with E-state index in [1.54, 1.807) is 0 Å². The largest absolute Gasteiger partial charge is 0.342 e.